The Hall–Kier alpha value is -1.40. The lowest BCUT2D eigenvalue weighted by atomic mass is 10.2. The third-order valence-electron chi connectivity index (χ3n) is 3.77. The van der Waals surface area contributed by atoms with Crippen LogP contribution in [0.1, 0.15) is 24.4 Å². The van der Waals surface area contributed by atoms with Crippen molar-refractivity contribution < 1.29 is 9.32 Å². The Morgan fingerprint density at radius 2 is 2.09 bits per heavy atom. The number of benzene rings is 1. The first-order chi connectivity index (χ1) is 11.0. The van der Waals surface area contributed by atoms with E-state index in [1.807, 2.05) is 29.6 Å². The van der Waals surface area contributed by atoms with Gasteiger partial charge in [-0.2, -0.15) is 0 Å². The smallest absolute Gasteiger partial charge is 0.274 e. The van der Waals surface area contributed by atoms with Gasteiger partial charge < -0.3 is 9.32 Å². The molecule has 0 saturated carbocycles. The lowest BCUT2D eigenvalue weighted by Crippen LogP contribution is -3.07. The number of nitrogens with zero attached hydrogens (tertiary/aromatic N) is 2. The standard InChI is InChI=1S/C16H15Cl2N3OS/c1-10(15-19-20-16(22-15)14-4-3-7-23-14)21(2)9-11-5-6-12(17)8-13(11)18/h3-8,10H,9H2,1-2H3/p+1/t10-/m0/s1. The highest BCUT2D eigenvalue weighted by Crippen LogP contribution is 2.24. The second kappa shape index (κ2) is 7.01. The number of hydrogen-bond acceptors (Lipinski definition) is 4. The van der Waals surface area contributed by atoms with Crippen LogP contribution in [0.25, 0.3) is 10.8 Å². The van der Waals surface area contributed by atoms with Gasteiger partial charge in [0, 0.05) is 10.6 Å². The summed E-state index contributed by atoms with van der Waals surface area (Å²) >= 11 is 13.8. The summed E-state index contributed by atoms with van der Waals surface area (Å²) < 4.78 is 5.81. The molecule has 0 spiro atoms. The lowest BCUT2D eigenvalue weighted by Gasteiger charge is -2.19. The molecular weight excluding hydrogens is 353 g/mol. The first-order valence-corrected chi connectivity index (χ1v) is 8.81. The Kier molecular flexibility index (Phi) is 5.02. The van der Waals surface area contributed by atoms with Crippen molar-refractivity contribution in [3.05, 3.63) is 57.2 Å². The minimum Gasteiger partial charge on any atom is -0.414 e. The Balaban J connectivity index is 1.73. The normalized spacial score (nSPS) is 13.9. The molecule has 1 aromatic carbocycles. The minimum absolute atomic E-state index is 0.0583. The van der Waals surface area contributed by atoms with Crippen molar-refractivity contribution in [3.8, 4) is 10.8 Å². The van der Waals surface area contributed by atoms with E-state index in [1.54, 1.807) is 17.4 Å². The molecule has 4 nitrogen and oxygen atoms in total. The van der Waals surface area contributed by atoms with E-state index in [-0.39, 0.29) is 6.04 Å². The van der Waals surface area contributed by atoms with Crippen LogP contribution in [0.5, 0.6) is 0 Å². The summed E-state index contributed by atoms with van der Waals surface area (Å²) in [5.74, 6) is 1.19. The van der Waals surface area contributed by atoms with Gasteiger partial charge in [0.05, 0.1) is 16.9 Å². The lowest BCUT2D eigenvalue weighted by molar-refractivity contribution is -0.925. The van der Waals surface area contributed by atoms with Crippen molar-refractivity contribution in [2.24, 2.45) is 0 Å². The first kappa shape index (κ1) is 16.5. The number of aromatic nitrogens is 2. The van der Waals surface area contributed by atoms with Crippen LogP contribution in [0.4, 0.5) is 0 Å². The zero-order valence-corrected chi connectivity index (χ0v) is 15.0. The number of quaternary nitrogens is 1. The number of halogens is 2. The Labute approximate surface area is 148 Å². The van der Waals surface area contributed by atoms with Crippen molar-refractivity contribution in [2.45, 2.75) is 19.5 Å². The fourth-order valence-electron chi connectivity index (χ4n) is 2.24. The average Bonchev–Trinajstić information content (AvgIpc) is 3.19. The third kappa shape index (κ3) is 3.75. The molecule has 23 heavy (non-hydrogen) atoms. The molecule has 0 aliphatic carbocycles. The molecule has 7 heteroatoms. The summed E-state index contributed by atoms with van der Waals surface area (Å²) in [6.07, 6.45) is 0. The zero-order valence-electron chi connectivity index (χ0n) is 12.7. The van der Waals surface area contributed by atoms with Crippen LogP contribution in [-0.2, 0) is 6.54 Å². The van der Waals surface area contributed by atoms with E-state index in [0.717, 1.165) is 17.0 Å². The van der Waals surface area contributed by atoms with E-state index in [1.165, 1.54) is 4.90 Å². The van der Waals surface area contributed by atoms with E-state index < -0.39 is 0 Å². The highest BCUT2D eigenvalue weighted by molar-refractivity contribution is 7.13. The second-order valence-electron chi connectivity index (χ2n) is 5.40. The Morgan fingerprint density at radius 3 is 2.78 bits per heavy atom. The van der Waals surface area contributed by atoms with Crippen molar-refractivity contribution in [2.75, 3.05) is 7.05 Å². The number of hydrogen-bond donors (Lipinski definition) is 1. The SMILES string of the molecule is C[C@@H](c1nnc(-c2cccs2)o1)[NH+](C)Cc1ccc(Cl)cc1Cl. The second-order valence-corrected chi connectivity index (χ2v) is 7.19. The van der Waals surface area contributed by atoms with Crippen LogP contribution in [0.15, 0.2) is 40.1 Å². The molecule has 0 aliphatic heterocycles. The summed E-state index contributed by atoms with van der Waals surface area (Å²) in [6.45, 7) is 2.80. The monoisotopic (exact) mass is 368 g/mol. The molecule has 3 rings (SSSR count). The molecule has 0 bridgehead atoms. The predicted octanol–water partition coefficient (Wildman–Crippen LogP) is 3.88. The van der Waals surface area contributed by atoms with Gasteiger partial charge in [-0.25, -0.2) is 0 Å². The topological polar surface area (TPSA) is 43.4 Å². The van der Waals surface area contributed by atoms with E-state index in [0.29, 0.717) is 21.8 Å². The van der Waals surface area contributed by atoms with Crippen molar-refractivity contribution >= 4 is 34.5 Å². The molecule has 2 atom stereocenters. The number of thiophene rings is 1. The summed E-state index contributed by atoms with van der Waals surface area (Å²) in [7, 11) is 2.07. The van der Waals surface area contributed by atoms with Crippen LogP contribution in [0.2, 0.25) is 10.0 Å². The molecule has 120 valence electrons. The summed E-state index contributed by atoms with van der Waals surface area (Å²) in [5, 5.41) is 11.6. The molecule has 2 heterocycles. The van der Waals surface area contributed by atoms with Gasteiger partial charge in [-0.1, -0.05) is 35.3 Å². The van der Waals surface area contributed by atoms with Gasteiger partial charge in [0.25, 0.3) is 11.8 Å². The van der Waals surface area contributed by atoms with Gasteiger partial charge in [-0.05, 0) is 30.5 Å². The van der Waals surface area contributed by atoms with Gasteiger partial charge in [0.1, 0.15) is 6.54 Å². The van der Waals surface area contributed by atoms with Crippen molar-refractivity contribution in [1.29, 1.82) is 0 Å². The first-order valence-electron chi connectivity index (χ1n) is 7.18. The molecule has 0 fully saturated rings. The predicted molar refractivity (Wildman–Crippen MR) is 93.1 cm³/mol. The maximum absolute atomic E-state index is 6.25. The largest absolute Gasteiger partial charge is 0.414 e. The fraction of sp³-hybridized carbons (Fsp3) is 0.250. The van der Waals surface area contributed by atoms with Crippen LogP contribution in [0.3, 0.4) is 0 Å². The van der Waals surface area contributed by atoms with Gasteiger partial charge in [-0.3, -0.25) is 0 Å². The van der Waals surface area contributed by atoms with Crippen LogP contribution in [0, 0.1) is 0 Å². The molecule has 0 aliphatic rings. The van der Waals surface area contributed by atoms with E-state index in [9.17, 15) is 0 Å². The molecule has 0 saturated heterocycles. The number of rotatable bonds is 5. The molecule has 0 radical (unpaired) electrons. The van der Waals surface area contributed by atoms with Gasteiger partial charge in [0.2, 0.25) is 0 Å². The van der Waals surface area contributed by atoms with E-state index >= 15 is 0 Å². The van der Waals surface area contributed by atoms with Gasteiger partial charge >= 0.3 is 0 Å². The molecule has 1 unspecified atom stereocenters. The fourth-order valence-corrected chi connectivity index (χ4v) is 3.36. The molecule has 0 amide bonds. The van der Waals surface area contributed by atoms with Crippen molar-refractivity contribution in [3.63, 3.8) is 0 Å². The summed E-state index contributed by atoms with van der Waals surface area (Å²) in [6, 6.07) is 9.55. The van der Waals surface area contributed by atoms with Crippen LogP contribution >= 0.6 is 34.5 Å². The molecule has 2 aromatic heterocycles. The highest BCUT2D eigenvalue weighted by Gasteiger charge is 2.23. The Bertz CT molecular complexity index is 788. The number of nitrogens with one attached hydrogen (secondary N) is 1. The maximum atomic E-state index is 6.25. The van der Waals surface area contributed by atoms with E-state index in [4.69, 9.17) is 27.6 Å². The quantitative estimate of drug-likeness (QED) is 0.742. The maximum Gasteiger partial charge on any atom is 0.274 e. The molecule has 1 N–H and O–H groups in total. The third-order valence-corrected chi connectivity index (χ3v) is 5.21. The van der Waals surface area contributed by atoms with Crippen LogP contribution in [-0.4, -0.2) is 17.2 Å². The summed E-state index contributed by atoms with van der Waals surface area (Å²) in [5.41, 5.74) is 1.04. The minimum atomic E-state index is 0.0583. The van der Waals surface area contributed by atoms with Crippen LogP contribution < -0.4 is 4.90 Å². The average molecular weight is 369 g/mol. The molecular formula is C16H16Cl2N3OS+. The zero-order chi connectivity index (χ0) is 16.4. The van der Waals surface area contributed by atoms with Crippen molar-refractivity contribution in [1.82, 2.24) is 10.2 Å². The Morgan fingerprint density at radius 1 is 1.26 bits per heavy atom. The molecule has 3 aromatic rings. The van der Waals surface area contributed by atoms with Gasteiger partial charge in [0.15, 0.2) is 6.04 Å². The highest BCUT2D eigenvalue weighted by atomic mass is 35.5. The van der Waals surface area contributed by atoms with Gasteiger partial charge in [-0.15, -0.1) is 21.5 Å². The van der Waals surface area contributed by atoms with E-state index in [2.05, 4.69) is 24.2 Å². The summed E-state index contributed by atoms with van der Waals surface area (Å²) in [4.78, 5) is 2.19.